The standard InChI is InChI=1S/C13H14N2OS/c1-3-10-4-5-11(17-10)6-13(16)12-8-14-9(2)7-15-12/h4-5,7-8H,3,6H2,1-2H3. The number of ketones is 1. The summed E-state index contributed by atoms with van der Waals surface area (Å²) in [5.41, 5.74) is 1.27. The highest BCUT2D eigenvalue weighted by Gasteiger charge is 2.10. The van der Waals surface area contributed by atoms with Gasteiger partial charge < -0.3 is 0 Å². The third kappa shape index (κ3) is 2.97. The van der Waals surface area contributed by atoms with E-state index in [0.29, 0.717) is 12.1 Å². The van der Waals surface area contributed by atoms with Gasteiger partial charge in [-0.2, -0.15) is 0 Å². The fourth-order valence-corrected chi connectivity index (χ4v) is 2.45. The van der Waals surface area contributed by atoms with Gasteiger partial charge in [-0.25, -0.2) is 4.98 Å². The van der Waals surface area contributed by atoms with Gasteiger partial charge in [0.15, 0.2) is 5.78 Å². The van der Waals surface area contributed by atoms with Crippen LogP contribution in [0.3, 0.4) is 0 Å². The molecule has 3 nitrogen and oxygen atoms in total. The number of Topliss-reactive ketones (excluding diaryl/α,β-unsaturated/α-hetero) is 1. The first kappa shape index (κ1) is 11.9. The lowest BCUT2D eigenvalue weighted by atomic mass is 10.2. The fourth-order valence-electron chi connectivity index (χ4n) is 1.49. The lowest BCUT2D eigenvalue weighted by Gasteiger charge is -1.98. The van der Waals surface area contributed by atoms with Crippen molar-refractivity contribution in [2.75, 3.05) is 0 Å². The Labute approximate surface area is 105 Å². The summed E-state index contributed by atoms with van der Waals surface area (Å²) in [5, 5.41) is 0. The SMILES string of the molecule is CCc1ccc(CC(=O)c2cnc(C)cn2)s1. The smallest absolute Gasteiger partial charge is 0.187 e. The summed E-state index contributed by atoms with van der Waals surface area (Å²) < 4.78 is 0. The number of carbonyl (C=O) groups excluding carboxylic acids is 1. The van der Waals surface area contributed by atoms with Crippen molar-refractivity contribution in [3.63, 3.8) is 0 Å². The van der Waals surface area contributed by atoms with Crippen LogP contribution in [0.4, 0.5) is 0 Å². The zero-order valence-electron chi connectivity index (χ0n) is 9.93. The Bertz CT molecular complexity index is 516. The number of rotatable bonds is 4. The Morgan fingerprint density at radius 1 is 1.24 bits per heavy atom. The minimum Gasteiger partial charge on any atom is -0.292 e. The summed E-state index contributed by atoms with van der Waals surface area (Å²) in [6.45, 7) is 3.97. The van der Waals surface area contributed by atoms with Gasteiger partial charge in [-0.05, 0) is 25.5 Å². The van der Waals surface area contributed by atoms with Crippen LogP contribution in [-0.4, -0.2) is 15.8 Å². The molecule has 0 atom stereocenters. The molecule has 2 aromatic heterocycles. The molecule has 0 bridgehead atoms. The van der Waals surface area contributed by atoms with Crippen LogP contribution in [0.15, 0.2) is 24.5 Å². The number of hydrogen-bond acceptors (Lipinski definition) is 4. The molecule has 17 heavy (non-hydrogen) atoms. The van der Waals surface area contributed by atoms with Crippen molar-refractivity contribution in [2.45, 2.75) is 26.7 Å². The second kappa shape index (κ2) is 5.19. The highest BCUT2D eigenvalue weighted by molar-refractivity contribution is 7.12. The van der Waals surface area contributed by atoms with Gasteiger partial charge in [0.2, 0.25) is 0 Å². The quantitative estimate of drug-likeness (QED) is 0.779. The Morgan fingerprint density at radius 3 is 2.59 bits per heavy atom. The van der Waals surface area contributed by atoms with Crippen LogP contribution in [0.1, 0.15) is 32.9 Å². The predicted molar refractivity (Wildman–Crippen MR) is 68.5 cm³/mol. The Hall–Kier alpha value is -1.55. The second-order valence-electron chi connectivity index (χ2n) is 3.86. The lowest BCUT2D eigenvalue weighted by Crippen LogP contribution is -2.05. The van der Waals surface area contributed by atoms with Gasteiger partial charge in [-0.1, -0.05) is 6.92 Å². The molecule has 88 valence electrons. The number of nitrogens with zero attached hydrogens (tertiary/aromatic N) is 2. The minimum absolute atomic E-state index is 0.0296. The van der Waals surface area contributed by atoms with Gasteiger partial charge in [0, 0.05) is 22.4 Å². The Kier molecular flexibility index (Phi) is 3.64. The number of hydrogen-bond donors (Lipinski definition) is 0. The third-order valence-electron chi connectivity index (χ3n) is 2.47. The van der Waals surface area contributed by atoms with Crippen molar-refractivity contribution in [1.82, 2.24) is 9.97 Å². The molecule has 0 aliphatic heterocycles. The molecule has 0 radical (unpaired) electrons. The largest absolute Gasteiger partial charge is 0.292 e. The van der Waals surface area contributed by atoms with Crippen molar-refractivity contribution in [3.8, 4) is 0 Å². The molecule has 0 amide bonds. The van der Waals surface area contributed by atoms with Gasteiger partial charge in [-0.3, -0.25) is 9.78 Å². The average Bonchev–Trinajstić information content (AvgIpc) is 2.77. The lowest BCUT2D eigenvalue weighted by molar-refractivity contribution is 0.0988. The first-order valence-corrected chi connectivity index (χ1v) is 6.40. The maximum absolute atomic E-state index is 11.9. The van der Waals surface area contributed by atoms with Crippen LogP contribution < -0.4 is 0 Å². The minimum atomic E-state index is 0.0296. The second-order valence-corrected chi connectivity index (χ2v) is 5.12. The van der Waals surface area contributed by atoms with E-state index in [4.69, 9.17) is 0 Å². The topological polar surface area (TPSA) is 42.9 Å². The summed E-state index contributed by atoms with van der Waals surface area (Å²) in [5.74, 6) is 0.0296. The van der Waals surface area contributed by atoms with E-state index in [0.717, 1.165) is 17.0 Å². The van der Waals surface area contributed by atoms with Crippen LogP contribution >= 0.6 is 11.3 Å². The van der Waals surface area contributed by atoms with Crippen molar-refractivity contribution in [1.29, 1.82) is 0 Å². The van der Waals surface area contributed by atoms with E-state index < -0.39 is 0 Å². The molecule has 2 heterocycles. The molecule has 0 saturated carbocycles. The van der Waals surface area contributed by atoms with Crippen LogP contribution in [0.5, 0.6) is 0 Å². The molecule has 0 fully saturated rings. The van der Waals surface area contributed by atoms with Crippen LogP contribution in [-0.2, 0) is 12.8 Å². The fraction of sp³-hybridized carbons (Fsp3) is 0.308. The molecule has 0 N–H and O–H groups in total. The summed E-state index contributed by atoms with van der Waals surface area (Å²) in [6.07, 6.45) is 4.61. The first-order chi connectivity index (χ1) is 8.19. The zero-order chi connectivity index (χ0) is 12.3. The molecule has 4 heteroatoms. The summed E-state index contributed by atoms with van der Waals surface area (Å²) in [6, 6.07) is 4.09. The molecular formula is C13H14N2OS. The maximum atomic E-state index is 11.9. The Morgan fingerprint density at radius 2 is 2.00 bits per heavy atom. The molecule has 0 spiro atoms. The van der Waals surface area contributed by atoms with E-state index in [1.807, 2.05) is 13.0 Å². The normalized spacial score (nSPS) is 10.5. The number of thiophene rings is 1. The molecular weight excluding hydrogens is 232 g/mol. The molecule has 0 aliphatic carbocycles. The van der Waals surface area contributed by atoms with E-state index in [-0.39, 0.29) is 5.78 Å². The van der Waals surface area contributed by atoms with Crippen LogP contribution in [0.2, 0.25) is 0 Å². The summed E-state index contributed by atoms with van der Waals surface area (Å²) >= 11 is 1.69. The molecule has 2 rings (SSSR count). The van der Waals surface area contributed by atoms with Gasteiger partial charge in [-0.15, -0.1) is 11.3 Å². The highest BCUT2D eigenvalue weighted by atomic mass is 32.1. The van der Waals surface area contributed by atoms with Crippen molar-refractivity contribution in [3.05, 3.63) is 45.7 Å². The monoisotopic (exact) mass is 246 g/mol. The van der Waals surface area contributed by atoms with Gasteiger partial charge >= 0.3 is 0 Å². The zero-order valence-corrected chi connectivity index (χ0v) is 10.8. The first-order valence-electron chi connectivity index (χ1n) is 5.58. The molecule has 0 aliphatic rings. The molecule has 2 aromatic rings. The highest BCUT2D eigenvalue weighted by Crippen LogP contribution is 2.18. The van der Waals surface area contributed by atoms with Gasteiger partial charge in [0.1, 0.15) is 5.69 Å². The number of aromatic nitrogens is 2. The van der Waals surface area contributed by atoms with E-state index in [9.17, 15) is 4.79 Å². The Balaban J connectivity index is 2.08. The molecule has 0 unspecified atom stereocenters. The number of carbonyl (C=O) groups is 1. The van der Waals surface area contributed by atoms with Crippen LogP contribution in [0, 0.1) is 6.92 Å². The van der Waals surface area contributed by atoms with E-state index >= 15 is 0 Å². The third-order valence-corrected chi connectivity index (χ3v) is 3.70. The van der Waals surface area contributed by atoms with Crippen molar-refractivity contribution < 1.29 is 4.79 Å². The van der Waals surface area contributed by atoms with Gasteiger partial charge in [0.05, 0.1) is 11.9 Å². The summed E-state index contributed by atoms with van der Waals surface area (Å²) in [4.78, 5) is 22.5. The van der Waals surface area contributed by atoms with E-state index in [1.165, 1.54) is 4.88 Å². The van der Waals surface area contributed by atoms with Gasteiger partial charge in [0.25, 0.3) is 0 Å². The number of aryl methyl sites for hydroxylation is 2. The average molecular weight is 246 g/mol. The predicted octanol–water partition coefficient (Wildman–Crippen LogP) is 2.83. The summed E-state index contributed by atoms with van der Waals surface area (Å²) in [7, 11) is 0. The van der Waals surface area contributed by atoms with Crippen LogP contribution in [0.25, 0.3) is 0 Å². The van der Waals surface area contributed by atoms with E-state index in [2.05, 4.69) is 23.0 Å². The molecule has 0 saturated heterocycles. The molecule has 0 aromatic carbocycles. The maximum Gasteiger partial charge on any atom is 0.187 e. The van der Waals surface area contributed by atoms with Crippen molar-refractivity contribution in [2.24, 2.45) is 0 Å². The van der Waals surface area contributed by atoms with E-state index in [1.54, 1.807) is 23.7 Å². The van der Waals surface area contributed by atoms with Crippen molar-refractivity contribution >= 4 is 17.1 Å².